The van der Waals surface area contributed by atoms with Crippen LogP contribution >= 0.6 is 0 Å². The van der Waals surface area contributed by atoms with E-state index in [0.717, 1.165) is 11.3 Å². The van der Waals surface area contributed by atoms with Crippen molar-refractivity contribution >= 4 is 0 Å². The molecule has 0 aliphatic rings. The maximum Gasteiger partial charge on any atom is 0.0476 e. The predicted octanol–water partition coefficient (Wildman–Crippen LogP) is 0.869. The van der Waals surface area contributed by atoms with Crippen LogP contribution < -0.4 is 5.48 Å². The van der Waals surface area contributed by atoms with Gasteiger partial charge in [-0.15, -0.1) is 0 Å². The van der Waals surface area contributed by atoms with Crippen molar-refractivity contribution in [2.45, 2.75) is 13.5 Å². The van der Waals surface area contributed by atoms with Crippen molar-refractivity contribution < 1.29 is 5.21 Å². The number of hydrogen-bond donors (Lipinski definition) is 2. The Morgan fingerprint density at radius 2 is 2.50 bits per heavy atom. The summed E-state index contributed by atoms with van der Waals surface area (Å²) in [6.45, 7) is 2.37. The maximum atomic E-state index is 8.37. The van der Waals surface area contributed by atoms with E-state index in [4.69, 9.17) is 5.21 Å². The number of pyridine rings is 1. The molecule has 1 aromatic heterocycles. The van der Waals surface area contributed by atoms with Crippen LogP contribution in [0.15, 0.2) is 18.3 Å². The van der Waals surface area contributed by atoms with Crippen LogP contribution in [0.3, 0.4) is 0 Å². The van der Waals surface area contributed by atoms with Gasteiger partial charge in [-0.25, -0.2) is 5.48 Å². The van der Waals surface area contributed by atoms with Gasteiger partial charge in [-0.05, 0) is 18.6 Å². The van der Waals surface area contributed by atoms with E-state index in [1.54, 1.807) is 6.20 Å². The number of nitrogens with one attached hydrogen (secondary N) is 1. The first kappa shape index (κ1) is 7.18. The van der Waals surface area contributed by atoms with Crippen molar-refractivity contribution in [3.8, 4) is 0 Å². The molecule has 0 atom stereocenters. The summed E-state index contributed by atoms with van der Waals surface area (Å²) in [5, 5.41) is 8.37. The van der Waals surface area contributed by atoms with Gasteiger partial charge in [0.2, 0.25) is 0 Å². The monoisotopic (exact) mass is 138 g/mol. The van der Waals surface area contributed by atoms with Gasteiger partial charge in [0, 0.05) is 18.4 Å². The van der Waals surface area contributed by atoms with Crippen molar-refractivity contribution in [3.63, 3.8) is 0 Å². The number of aryl methyl sites for hydroxylation is 1. The largest absolute Gasteiger partial charge is 0.316 e. The number of hydrogen-bond acceptors (Lipinski definition) is 3. The molecule has 0 aromatic carbocycles. The number of aromatic nitrogens is 1. The average Bonchev–Trinajstić information content (AvgIpc) is 1.94. The predicted molar refractivity (Wildman–Crippen MR) is 37.6 cm³/mol. The normalized spacial score (nSPS) is 9.80. The van der Waals surface area contributed by atoms with E-state index in [2.05, 4.69) is 10.5 Å². The van der Waals surface area contributed by atoms with Crippen LogP contribution in [0.2, 0.25) is 0 Å². The molecule has 0 saturated heterocycles. The summed E-state index contributed by atoms with van der Waals surface area (Å²) in [5.41, 5.74) is 4.05. The Labute approximate surface area is 59.7 Å². The van der Waals surface area contributed by atoms with Crippen LogP contribution in [-0.2, 0) is 6.54 Å². The summed E-state index contributed by atoms with van der Waals surface area (Å²) in [5.74, 6) is 0. The molecular formula is C7H10N2O. The van der Waals surface area contributed by atoms with Crippen LogP contribution in [0.25, 0.3) is 0 Å². The van der Waals surface area contributed by atoms with E-state index in [1.807, 2.05) is 19.1 Å². The summed E-state index contributed by atoms with van der Waals surface area (Å²) in [4.78, 5) is 4.05. The van der Waals surface area contributed by atoms with Gasteiger partial charge in [-0.3, -0.25) is 4.98 Å². The zero-order valence-electron chi connectivity index (χ0n) is 5.83. The standard InChI is InChI=1S/C7H10N2O/c1-6-7(5-9-10)3-2-4-8-6/h2-4,9-10H,5H2,1H3. The zero-order valence-corrected chi connectivity index (χ0v) is 5.83. The molecule has 1 aromatic rings. The van der Waals surface area contributed by atoms with E-state index < -0.39 is 0 Å². The van der Waals surface area contributed by atoms with Gasteiger partial charge >= 0.3 is 0 Å². The molecule has 0 spiro atoms. The highest BCUT2D eigenvalue weighted by Gasteiger charge is 1.94. The lowest BCUT2D eigenvalue weighted by molar-refractivity contribution is 0.161. The van der Waals surface area contributed by atoms with Gasteiger partial charge in [-0.2, -0.15) is 0 Å². The molecule has 3 heteroatoms. The molecule has 0 saturated carbocycles. The molecule has 0 unspecified atom stereocenters. The Bertz CT molecular complexity index is 213. The van der Waals surface area contributed by atoms with Crippen molar-refractivity contribution in [2.24, 2.45) is 0 Å². The quantitative estimate of drug-likeness (QED) is 0.596. The molecule has 0 radical (unpaired) electrons. The molecule has 10 heavy (non-hydrogen) atoms. The second-order valence-electron chi connectivity index (χ2n) is 2.08. The van der Waals surface area contributed by atoms with Gasteiger partial charge in [0.15, 0.2) is 0 Å². The molecule has 2 N–H and O–H groups in total. The minimum atomic E-state index is 0.458. The Morgan fingerprint density at radius 1 is 1.70 bits per heavy atom. The lowest BCUT2D eigenvalue weighted by Crippen LogP contribution is -2.07. The first-order chi connectivity index (χ1) is 4.84. The highest BCUT2D eigenvalue weighted by atomic mass is 16.5. The molecule has 1 rings (SSSR count). The molecular weight excluding hydrogens is 128 g/mol. The summed E-state index contributed by atoms with van der Waals surface area (Å²) in [6.07, 6.45) is 1.73. The van der Waals surface area contributed by atoms with Crippen molar-refractivity contribution in [1.29, 1.82) is 0 Å². The molecule has 0 bridgehead atoms. The van der Waals surface area contributed by atoms with E-state index in [-0.39, 0.29) is 0 Å². The first-order valence-corrected chi connectivity index (χ1v) is 3.12. The fourth-order valence-corrected chi connectivity index (χ4v) is 0.790. The van der Waals surface area contributed by atoms with E-state index >= 15 is 0 Å². The maximum absolute atomic E-state index is 8.37. The molecule has 0 fully saturated rings. The van der Waals surface area contributed by atoms with E-state index in [1.165, 1.54) is 0 Å². The molecule has 0 aliphatic heterocycles. The minimum Gasteiger partial charge on any atom is -0.316 e. The number of hydroxylamine groups is 1. The second-order valence-corrected chi connectivity index (χ2v) is 2.08. The Kier molecular flexibility index (Phi) is 2.36. The summed E-state index contributed by atoms with van der Waals surface area (Å²) >= 11 is 0. The molecule has 0 aliphatic carbocycles. The highest BCUT2D eigenvalue weighted by molar-refractivity contribution is 5.17. The Morgan fingerprint density at radius 3 is 3.10 bits per heavy atom. The molecule has 1 heterocycles. The third-order valence-electron chi connectivity index (χ3n) is 1.39. The topological polar surface area (TPSA) is 45.2 Å². The summed E-state index contributed by atoms with van der Waals surface area (Å²) in [6, 6.07) is 3.77. The Hall–Kier alpha value is -0.930. The van der Waals surface area contributed by atoms with Crippen LogP contribution in [0.5, 0.6) is 0 Å². The van der Waals surface area contributed by atoms with Crippen molar-refractivity contribution in [2.75, 3.05) is 0 Å². The van der Waals surface area contributed by atoms with Crippen molar-refractivity contribution in [1.82, 2.24) is 10.5 Å². The van der Waals surface area contributed by atoms with Crippen LogP contribution in [0, 0.1) is 6.92 Å². The third-order valence-corrected chi connectivity index (χ3v) is 1.39. The van der Waals surface area contributed by atoms with E-state index in [0.29, 0.717) is 6.54 Å². The molecule has 3 nitrogen and oxygen atoms in total. The van der Waals surface area contributed by atoms with Gasteiger partial charge in [0.05, 0.1) is 0 Å². The molecule has 54 valence electrons. The lowest BCUT2D eigenvalue weighted by atomic mass is 10.2. The highest BCUT2D eigenvalue weighted by Crippen LogP contribution is 2.01. The smallest absolute Gasteiger partial charge is 0.0476 e. The second kappa shape index (κ2) is 3.29. The minimum absolute atomic E-state index is 0.458. The van der Waals surface area contributed by atoms with Gasteiger partial charge < -0.3 is 5.21 Å². The average molecular weight is 138 g/mol. The zero-order chi connectivity index (χ0) is 7.40. The van der Waals surface area contributed by atoms with E-state index in [9.17, 15) is 0 Å². The number of rotatable bonds is 2. The van der Waals surface area contributed by atoms with Crippen LogP contribution in [-0.4, -0.2) is 10.2 Å². The Balaban J connectivity index is 2.81. The van der Waals surface area contributed by atoms with Crippen LogP contribution in [0.1, 0.15) is 11.3 Å². The summed E-state index contributed by atoms with van der Waals surface area (Å²) in [7, 11) is 0. The van der Waals surface area contributed by atoms with Crippen molar-refractivity contribution in [3.05, 3.63) is 29.6 Å². The molecule has 0 amide bonds. The fraction of sp³-hybridized carbons (Fsp3) is 0.286. The SMILES string of the molecule is Cc1ncccc1CNO. The summed E-state index contributed by atoms with van der Waals surface area (Å²) < 4.78 is 0. The van der Waals surface area contributed by atoms with Crippen LogP contribution in [0.4, 0.5) is 0 Å². The fourth-order valence-electron chi connectivity index (χ4n) is 0.790. The van der Waals surface area contributed by atoms with Gasteiger partial charge in [0.25, 0.3) is 0 Å². The first-order valence-electron chi connectivity index (χ1n) is 3.12. The van der Waals surface area contributed by atoms with Gasteiger partial charge in [0.1, 0.15) is 0 Å². The lowest BCUT2D eigenvalue weighted by Gasteiger charge is -2.00. The number of nitrogens with zero attached hydrogens (tertiary/aromatic N) is 1. The third kappa shape index (κ3) is 1.52. The van der Waals surface area contributed by atoms with Gasteiger partial charge in [-0.1, -0.05) is 6.07 Å².